The second-order valence-corrected chi connectivity index (χ2v) is 5.92. The lowest BCUT2D eigenvalue weighted by Gasteiger charge is -2.22. The molecule has 9 heteroatoms. The van der Waals surface area contributed by atoms with Gasteiger partial charge in [-0.25, -0.2) is 9.44 Å². The molecule has 1 aliphatic heterocycles. The van der Waals surface area contributed by atoms with Crippen molar-refractivity contribution >= 4 is 16.2 Å². The van der Waals surface area contributed by atoms with Crippen LogP contribution in [0.15, 0.2) is 0 Å². The Bertz CT molecular complexity index is 367. The molecule has 1 atom stereocenters. The summed E-state index contributed by atoms with van der Waals surface area (Å²) < 4.78 is 27.6. The number of carboxylic acid groups (broad SMARTS) is 1. The maximum atomic E-state index is 11.5. The SMILES string of the molecule is N[C@@H](CNS(=O)(=O)NCC1CCNCC1)C(=O)O. The minimum atomic E-state index is -3.67. The number of rotatable bonds is 7. The van der Waals surface area contributed by atoms with Gasteiger partial charge in [0.05, 0.1) is 0 Å². The highest BCUT2D eigenvalue weighted by molar-refractivity contribution is 7.87. The number of hydrogen-bond donors (Lipinski definition) is 5. The summed E-state index contributed by atoms with van der Waals surface area (Å²) in [5.41, 5.74) is 5.20. The van der Waals surface area contributed by atoms with Gasteiger partial charge in [-0.1, -0.05) is 0 Å². The monoisotopic (exact) mass is 280 g/mol. The van der Waals surface area contributed by atoms with Gasteiger partial charge in [-0.05, 0) is 31.8 Å². The van der Waals surface area contributed by atoms with Gasteiger partial charge < -0.3 is 16.2 Å². The van der Waals surface area contributed by atoms with Gasteiger partial charge in [0.15, 0.2) is 0 Å². The van der Waals surface area contributed by atoms with Crippen LogP contribution in [0.4, 0.5) is 0 Å². The molecule has 0 spiro atoms. The average molecular weight is 280 g/mol. The Kier molecular flexibility index (Phi) is 5.96. The van der Waals surface area contributed by atoms with Gasteiger partial charge in [0.1, 0.15) is 6.04 Å². The number of piperidine rings is 1. The summed E-state index contributed by atoms with van der Waals surface area (Å²) >= 11 is 0. The maximum absolute atomic E-state index is 11.5. The van der Waals surface area contributed by atoms with Crippen molar-refractivity contribution in [1.29, 1.82) is 0 Å². The molecule has 0 amide bonds. The summed E-state index contributed by atoms with van der Waals surface area (Å²) in [5, 5.41) is 11.7. The highest BCUT2D eigenvalue weighted by Crippen LogP contribution is 2.09. The highest BCUT2D eigenvalue weighted by Gasteiger charge is 2.19. The number of carboxylic acids is 1. The van der Waals surface area contributed by atoms with Crippen LogP contribution < -0.4 is 20.5 Å². The summed E-state index contributed by atoms with van der Waals surface area (Å²) in [7, 11) is -3.67. The van der Waals surface area contributed by atoms with Crippen molar-refractivity contribution in [2.24, 2.45) is 11.7 Å². The van der Waals surface area contributed by atoms with Gasteiger partial charge in [-0.15, -0.1) is 0 Å². The van der Waals surface area contributed by atoms with Crippen molar-refractivity contribution in [2.45, 2.75) is 18.9 Å². The fraction of sp³-hybridized carbons (Fsp3) is 0.889. The molecule has 1 heterocycles. The molecule has 0 aliphatic carbocycles. The first-order valence-corrected chi connectivity index (χ1v) is 7.32. The van der Waals surface area contributed by atoms with Crippen molar-refractivity contribution in [2.75, 3.05) is 26.2 Å². The van der Waals surface area contributed by atoms with Gasteiger partial charge in [0.25, 0.3) is 10.2 Å². The third kappa shape index (κ3) is 5.74. The molecule has 1 aliphatic rings. The molecule has 6 N–H and O–H groups in total. The summed E-state index contributed by atoms with van der Waals surface area (Å²) in [6, 6.07) is -1.24. The second kappa shape index (κ2) is 7.00. The van der Waals surface area contributed by atoms with Crippen LogP contribution >= 0.6 is 0 Å². The van der Waals surface area contributed by atoms with Gasteiger partial charge in [0, 0.05) is 13.1 Å². The Morgan fingerprint density at radius 3 is 2.56 bits per heavy atom. The van der Waals surface area contributed by atoms with Crippen LogP contribution in [0.25, 0.3) is 0 Å². The first-order valence-electron chi connectivity index (χ1n) is 5.84. The molecule has 1 rings (SSSR count). The number of aliphatic carboxylic acids is 1. The molecule has 0 aromatic heterocycles. The van der Waals surface area contributed by atoms with E-state index in [0.29, 0.717) is 12.5 Å². The molecule has 8 nitrogen and oxygen atoms in total. The van der Waals surface area contributed by atoms with Crippen LogP contribution in [0.3, 0.4) is 0 Å². The van der Waals surface area contributed by atoms with E-state index < -0.39 is 22.2 Å². The zero-order valence-corrected chi connectivity index (χ0v) is 10.9. The molecule has 18 heavy (non-hydrogen) atoms. The molecule has 0 radical (unpaired) electrons. The van der Waals surface area contributed by atoms with Gasteiger partial charge in [0.2, 0.25) is 0 Å². The minimum absolute atomic E-state index is 0.316. The fourth-order valence-electron chi connectivity index (χ4n) is 1.65. The van der Waals surface area contributed by atoms with Crippen molar-refractivity contribution in [3.63, 3.8) is 0 Å². The molecule has 0 unspecified atom stereocenters. The lowest BCUT2D eigenvalue weighted by Crippen LogP contribution is -2.47. The third-order valence-corrected chi connectivity index (χ3v) is 3.92. The number of hydrogen-bond acceptors (Lipinski definition) is 5. The van der Waals surface area contributed by atoms with Crippen LogP contribution in [0, 0.1) is 5.92 Å². The Morgan fingerprint density at radius 2 is 2.00 bits per heavy atom. The number of nitrogens with one attached hydrogen (secondary N) is 3. The molecular formula is C9H20N4O4S. The van der Waals surface area contributed by atoms with E-state index in [9.17, 15) is 13.2 Å². The quantitative estimate of drug-likeness (QED) is 0.360. The smallest absolute Gasteiger partial charge is 0.321 e. The Hall–Kier alpha value is -0.740. The summed E-state index contributed by atoms with van der Waals surface area (Å²) in [5.74, 6) is -0.924. The van der Waals surface area contributed by atoms with Gasteiger partial charge in [-0.3, -0.25) is 4.79 Å². The van der Waals surface area contributed by atoms with E-state index in [0.717, 1.165) is 25.9 Å². The maximum Gasteiger partial charge on any atom is 0.321 e. The molecule has 0 saturated carbocycles. The number of nitrogens with two attached hydrogens (primary N) is 1. The first kappa shape index (κ1) is 15.3. The van der Waals surface area contributed by atoms with E-state index in [-0.39, 0.29) is 6.54 Å². The average Bonchev–Trinajstić information content (AvgIpc) is 2.35. The topological polar surface area (TPSA) is 134 Å². The Labute approximate surface area is 106 Å². The fourth-order valence-corrected chi connectivity index (χ4v) is 2.61. The molecule has 0 aromatic carbocycles. The first-order chi connectivity index (χ1) is 8.41. The van der Waals surface area contributed by atoms with Crippen LogP contribution in [0.5, 0.6) is 0 Å². The van der Waals surface area contributed by atoms with Crippen molar-refractivity contribution in [1.82, 2.24) is 14.8 Å². The minimum Gasteiger partial charge on any atom is -0.480 e. The van der Waals surface area contributed by atoms with E-state index >= 15 is 0 Å². The molecule has 1 saturated heterocycles. The van der Waals surface area contributed by atoms with Crippen molar-refractivity contribution in [3.05, 3.63) is 0 Å². The summed E-state index contributed by atoms with van der Waals surface area (Å²) in [4.78, 5) is 10.4. The van der Waals surface area contributed by atoms with Crippen molar-refractivity contribution < 1.29 is 18.3 Å². The highest BCUT2D eigenvalue weighted by atomic mass is 32.2. The van der Waals surface area contributed by atoms with Gasteiger partial charge >= 0.3 is 5.97 Å². The lowest BCUT2D eigenvalue weighted by molar-refractivity contribution is -0.138. The number of carbonyl (C=O) groups is 1. The molecule has 0 bridgehead atoms. The zero-order valence-electron chi connectivity index (χ0n) is 10.1. The van der Waals surface area contributed by atoms with E-state index in [2.05, 4.69) is 14.8 Å². The standard InChI is InChI=1S/C9H20N4O4S/c10-8(9(14)15)6-13-18(16,17)12-5-7-1-3-11-4-2-7/h7-8,11-13H,1-6,10H2,(H,14,15)/t8-/m0/s1. The van der Waals surface area contributed by atoms with Crippen molar-refractivity contribution in [3.8, 4) is 0 Å². The largest absolute Gasteiger partial charge is 0.480 e. The molecular weight excluding hydrogens is 260 g/mol. The van der Waals surface area contributed by atoms with Crippen LogP contribution in [-0.2, 0) is 15.0 Å². The summed E-state index contributed by atoms with van der Waals surface area (Å²) in [6.07, 6.45) is 1.86. The zero-order chi connectivity index (χ0) is 13.6. The van der Waals surface area contributed by atoms with E-state index in [1.54, 1.807) is 0 Å². The van der Waals surface area contributed by atoms with E-state index in [1.165, 1.54) is 0 Å². The van der Waals surface area contributed by atoms with E-state index in [1.807, 2.05) is 0 Å². The predicted octanol–water partition coefficient (Wildman–Crippen LogP) is -2.18. The summed E-state index contributed by atoms with van der Waals surface area (Å²) in [6.45, 7) is 1.82. The second-order valence-electron chi connectivity index (χ2n) is 4.34. The van der Waals surface area contributed by atoms with Crippen LogP contribution in [-0.4, -0.2) is 51.7 Å². The Morgan fingerprint density at radius 1 is 1.39 bits per heavy atom. The Balaban J connectivity index is 2.28. The van der Waals surface area contributed by atoms with Crippen LogP contribution in [0.1, 0.15) is 12.8 Å². The normalized spacial score (nSPS) is 19.6. The van der Waals surface area contributed by atoms with Gasteiger partial charge in [-0.2, -0.15) is 8.42 Å². The lowest BCUT2D eigenvalue weighted by atomic mass is 9.99. The van der Waals surface area contributed by atoms with E-state index in [4.69, 9.17) is 10.8 Å². The molecule has 0 aromatic rings. The third-order valence-electron chi connectivity index (χ3n) is 2.83. The molecule has 106 valence electrons. The predicted molar refractivity (Wildman–Crippen MR) is 66.1 cm³/mol. The van der Waals surface area contributed by atoms with Crippen LogP contribution in [0.2, 0.25) is 0 Å². The molecule has 1 fully saturated rings.